The Labute approximate surface area is 111 Å². The van der Waals surface area contributed by atoms with Crippen molar-refractivity contribution in [3.63, 3.8) is 0 Å². The van der Waals surface area contributed by atoms with Gasteiger partial charge >= 0.3 is 0 Å². The molecule has 18 heavy (non-hydrogen) atoms. The van der Waals surface area contributed by atoms with E-state index in [1.807, 2.05) is 6.08 Å². The Balaban J connectivity index is 2.45. The van der Waals surface area contributed by atoms with E-state index >= 15 is 0 Å². The maximum Gasteiger partial charge on any atom is 0.0230 e. The number of nitrogens with zero attached hydrogens (tertiary/aromatic N) is 1. The first-order valence-corrected chi connectivity index (χ1v) is 6.75. The molecule has 0 saturated heterocycles. The van der Waals surface area contributed by atoms with Crippen LogP contribution in [0.15, 0.2) is 36.9 Å². The Kier molecular flexibility index (Phi) is 6.69. The second-order valence-corrected chi connectivity index (χ2v) is 5.05. The molecule has 2 heteroatoms. The van der Waals surface area contributed by atoms with Crippen LogP contribution in [-0.2, 0) is 6.54 Å². The molecule has 0 aromatic heterocycles. The van der Waals surface area contributed by atoms with E-state index in [2.05, 4.69) is 49.7 Å². The molecule has 0 aliphatic rings. The fourth-order valence-corrected chi connectivity index (χ4v) is 1.98. The maximum absolute atomic E-state index is 5.67. The van der Waals surface area contributed by atoms with Crippen molar-refractivity contribution in [3.8, 4) is 0 Å². The van der Waals surface area contributed by atoms with Crippen molar-refractivity contribution in [2.24, 2.45) is 5.73 Å². The predicted molar refractivity (Wildman–Crippen MR) is 79.7 cm³/mol. The lowest BCUT2D eigenvalue weighted by Gasteiger charge is -2.17. The van der Waals surface area contributed by atoms with Crippen LogP contribution in [0.25, 0.3) is 0 Å². The summed E-state index contributed by atoms with van der Waals surface area (Å²) in [5.41, 5.74) is 8.37. The van der Waals surface area contributed by atoms with Crippen molar-refractivity contribution in [2.75, 3.05) is 20.1 Å². The molecule has 2 N–H and O–H groups in total. The first-order chi connectivity index (χ1) is 8.67. The standard InChI is InChI=1S/C16H26N2/c1-4-5-6-11-18(3)13-15-7-9-16(10-8-15)14(2)12-17/h4,7-10,14H,1,5-6,11-13,17H2,2-3H3. The Morgan fingerprint density at radius 3 is 2.56 bits per heavy atom. The fourth-order valence-electron chi connectivity index (χ4n) is 1.98. The summed E-state index contributed by atoms with van der Waals surface area (Å²) in [5.74, 6) is 0.448. The van der Waals surface area contributed by atoms with Crippen LogP contribution >= 0.6 is 0 Å². The Morgan fingerprint density at radius 1 is 1.33 bits per heavy atom. The van der Waals surface area contributed by atoms with Gasteiger partial charge in [0.05, 0.1) is 0 Å². The molecule has 0 spiro atoms. The van der Waals surface area contributed by atoms with Crippen LogP contribution in [-0.4, -0.2) is 25.0 Å². The minimum Gasteiger partial charge on any atom is -0.330 e. The Bertz CT molecular complexity index is 343. The van der Waals surface area contributed by atoms with Gasteiger partial charge in [-0.1, -0.05) is 37.3 Å². The van der Waals surface area contributed by atoms with Crippen LogP contribution in [0.4, 0.5) is 0 Å². The minimum absolute atomic E-state index is 0.448. The van der Waals surface area contributed by atoms with E-state index in [4.69, 9.17) is 5.73 Å². The molecule has 2 nitrogen and oxygen atoms in total. The predicted octanol–water partition coefficient (Wildman–Crippen LogP) is 3.15. The van der Waals surface area contributed by atoms with Crippen molar-refractivity contribution in [3.05, 3.63) is 48.0 Å². The van der Waals surface area contributed by atoms with Crippen LogP contribution in [0, 0.1) is 0 Å². The highest BCUT2D eigenvalue weighted by Gasteiger charge is 2.04. The second-order valence-electron chi connectivity index (χ2n) is 5.05. The zero-order valence-electron chi connectivity index (χ0n) is 11.7. The van der Waals surface area contributed by atoms with Crippen LogP contribution in [0.3, 0.4) is 0 Å². The highest BCUT2D eigenvalue weighted by atomic mass is 15.1. The van der Waals surface area contributed by atoms with Gasteiger partial charge in [0.25, 0.3) is 0 Å². The van der Waals surface area contributed by atoms with Crippen LogP contribution in [0.2, 0.25) is 0 Å². The van der Waals surface area contributed by atoms with Gasteiger partial charge < -0.3 is 10.6 Å². The second kappa shape index (κ2) is 8.06. The van der Waals surface area contributed by atoms with E-state index in [1.54, 1.807) is 0 Å². The van der Waals surface area contributed by atoms with E-state index in [0.717, 1.165) is 19.5 Å². The van der Waals surface area contributed by atoms with Gasteiger partial charge in [0.2, 0.25) is 0 Å². The third kappa shape index (κ3) is 5.03. The molecule has 0 saturated carbocycles. The molecule has 1 aromatic rings. The number of benzene rings is 1. The zero-order chi connectivity index (χ0) is 13.4. The third-order valence-corrected chi connectivity index (χ3v) is 3.30. The largest absolute Gasteiger partial charge is 0.330 e. The first kappa shape index (κ1) is 14.9. The molecule has 0 fully saturated rings. The number of hydrogen-bond acceptors (Lipinski definition) is 2. The summed E-state index contributed by atoms with van der Waals surface area (Å²) in [4.78, 5) is 2.35. The molecule has 0 heterocycles. The minimum atomic E-state index is 0.448. The van der Waals surface area contributed by atoms with Gasteiger partial charge in [0.1, 0.15) is 0 Å². The molecule has 0 radical (unpaired) electrons. The van der Waals surface area contributed by atoms with Crippen LogP contribution in [0.5, 0.6) is 0 Å². The number of hydrogen-bond donors (Lipinski definition) is 1. The lowest BCUT2D eigenvalue weighted by molar-refractivity contribution is 0.323. The molecular weight excluding hydrogens is 220 g/mol. The summed E-state index contributed by atoms with van der Waals surface area (Å²) in [6, 6.07) is 8.83. The van der Waals surface area contributed by atoms with Gasteiger partial charge in [0.15, 0.2) is 0 Å². The summed E-state index contributed by atoms with van der Waals surface area (Å²) < 4.78 is 0. The van der Waals surface area contributed by atoms with Gasteiger partial charge in [-0.2, -0.15) is 0 Å². The molecule has 100 valence electrons. The summed E-state index contributed by atoms with van der Waals surface area (Å²) in [6.07, 6.45) is 4.26. The van der Waals surface area contributed by atoms with E-state index < -0.39 is 0 Å². The van der Waals surface area contributed by atoms with Crippen molar-refractivity contribution in [1.29, 1.82) is 0 Å². The summed E-state index contributed by atoms with van der Waals surface area (Å²) in [6.45, 7) is 8.75. The lowest BCUT2D eigenvalue weighted by Crippen LogP contribution is -2.19. The van der Waals surface area contributed by atoms with Crippen LogP contribution in [0.1, 0.15) is 36.8 Å². The Hall–Kier alpha value is -1.12. The summed E-state index contributed by atoms with van der Waals surface area (Å²) in [5, 5.41) is 0. The molecule has 1 rings (SSSR count). The molecular formula is C16H26N2. The fraction of sp³-hybridized carbons (Fsp3) is 0.500. The van der Waals surface area contributed by atoms with Gasteiger partial charge in [-0.3, -0.25) is 0 Å². The lowest BCUT2D eigenvalue weighted by atomic mass is 10.00. The first-order valence-electron chi connectivity index (χ1n) is 6.75. The molecule has 1 atom stereocenters. The molecule has 1 unspecified atom stereocenters. The highest BCUT2D eigenvalue weighted by Crippen LogP contribution is 2.15. The van der Waals surface area contributed by atoms with Crippen LogP contribution < -0.4 is 5.73 Å². The van der Waals surface area contributed by atoms with Gasteiger partial charge in [-0.25, -0.2) is 0 Å². The van der Waals surface area contributed by atoms with Gasteiger partial charge in [-0.15, -0.1) is 6.58 Å². The van der Waals surface area contributed by atoms with E-state index in [0.29, 0.717) is 12.5 Å². The zero-order valence-corrected chi connectivity index (χ0v) is 11.7. The quantitative estimate of drug-likeness (QED) is 0.564. The van der Waals surface area contributed by atoms with Crippen molar-refractivity contribution < 1.29 is 0 Å². The normalized spacial score (nSPS) is 12.7. The van der Waals surface area contributed by atoms with E-state index in [-0.39, 0.29) is 0 Å². The highest BCUT2D eigenvalue weighted by molar-refractivity contribution is 5.25. The number of unbranched alkanes of at least 4 members (excludes halogenated alkanes) is 1. The average molecular weight is 246 g/mol. The monoisotopic (exact) mass is 246 g/mol. The SMILES string of the molecule is C=CCCCN(C)Cc1ccc(C(C)CN)cc1. The smallest absolute Gasteiger partial charge is 0.0230 e. The van der Waals surface area contributed by atoms with Gasteiger partial charge in [0, 0.05) is 6.54 Å². The molecule has 1 aromatic carbocycles. The van der Waals surface area contributed by atoms with Crippen molar-refractivity contribution in [1.82, 2.24) is 4.90 Å². The molecule has 0 aliphatic carbocycles. The molecule has 0 bridgehead atoms. The van der Waals surface area contributed by atoms with Crippen molar-refractivity contribution >= 4 is 0 Å². The van der Waals surface area contributed by atoms with E-state index in [1.165, 1.54) is 17.5 Å². The molecule has 0 aliphatic heterocycles. The summed E-state index contributed by atoms with van der Waals surface area (Å²) >= 11 is 0. The summed E-state index contributed by atoms with van der Waals surface area (Å²) in [7, 11) is 2.17. The molecule has 0 amide bonds. The number of rotatable bonds is 8. The topological polar surface area (TPSA) is 29.3 Å². The number of nitrogens with two attached hydrogens (primary N) is 1. The van der Waals surface area contributed by atoms with Crippen molar-refractivity contribution in [2.45, 2.75) is 32.2 Å². The van der Waals surface area contributed by atoms with E-state index in [9.17, 15) is 0 Å². The number of allylic oxidation sites excluding steroid dienone is 1. The third-order valence-electron chi connectivity index (χ3n) is 3.30. The maximum atomic E-state index is 5.67. The van der Waals surface area contributed by atoms with Gasteiger partial charge in [-0.05, 0) is 50.0 Å². The Morgan fingerprint density at radius 2 is 2.00 bits per heavy atom. The average Bonchev–Trinajstić information content (AvgIpc) is 2.39.